The smallest absolute Gasteiger partial charge is 0.340 e. The molecular weight excluding hydrogens is 318 g/mol. The number of allylic oxidation sites excluding steroid dienone is 2. The van der Waals surface area contributed by atoms with Crippen molar-refractivity contribution >= 4 is 11.9 Å². The van der Waals surface area contributed by atoms with Gasteiger partial charge in [0, 0.05) is 17.5 Å². The summed E-state index contributed by atoms with van der Waals surface area (Å²) in [5.74, 6) is 1.89. The molecule has 128 valence electrons. The second-order valence-corrected chi connectivity index (χ2v) is 5.87. The number of carbonyl (C=O) groups is 2. The van der Waals surface area contributed by atoms with Gasteiger partial charge < -0.3 is 9.47 Å². The Morgan fingerprint density at radius 2 is 2.12 bits per heavy atom. The molecule has 0 aliphatic carbocycles. The van der Waals surface area contributed by atoms with Gasteiger partial charge in [0.1, 0.15) is 12.7 Å². The predicted octanol–water partition coefficient (Wildman–Crippen LogP) is 2.96. The van der Waals surface area contributed by atoms with Gasteiger partial charge in [-0.1, -0.05) is 17.6 Å². The van der Waals surface area contributed by atoms with Crippen molar-refractivity contribution in [2.45, 2.75) is 39.7 Å². The van der Waals surface area contributed by atoms with E-state index in [2.05, 4.69) is 16.7 Å². The lowest BCUT2D eigenvalue weighted by Crippen LogP contribution is -2.07. The van der Waals surface area contributed by atoms with E-state index in [1.165, 1.54) is 7.11 Å². The number of methoxy groups -OCH3 is 1. The van der Waals surface area contributed by atoms with Crippen molar-refractivity contribution in [3.8, 4) is 18.4 Å². The fourth-order valence-electron chi connectivity index (χ4n) is 2.91. The van der Waals surface area contributed by atoms with Crippen LogP contribution in [0.15, 0.2) is 11.6 Å². The fourth-order valence-corrected chi connectivity index (χ4v) is 2.91. The molecule has 5 nitrogen and oxygen atoms in total. The van der Waals surface area contributed by atoms with Gasteiger partial charge in [-0.25, -0.2) is 4.79 Å². The number of benzene rings is 1. The first kappa shape index (κ1) is 18.3. The summed E-state index contributed by atoms with van der Waals surface area (Å²) in [6.45, 7) is 3.89. The minimum atomic E-state index is -0.481. The number of cyclic esters (lactones) is 1. The van der Waals surface area contributed by atoms with Crippen LogP contribution in [-0.2, 0) is 27.3 Å². The molecule has 1 aliphatic heterocycles. The number of fused-ring (bicyclic) bond motifs is 1. The Kier molecular flexibility index (Phi) is 5.62. The Morgan fingerprint density at radius 1 is 1.40 bits per heavy atom. The molecule has 0 aromatic heterocycles. The first-order valence-electron chi connectivity index (χ1n) is 7.89. The maximum Gasteiger partial charge on any atom is 0.340 e. The third-order valence-corrected chi connectivity index (χ3v) is 4.40. The predicted molar refractivity (Wildman–Crippen MR) is 91.7 cm³/mol. The summed E-state index contributed by atoms with van der Waals surface area (Å²) in [7, 11) is 1.35. The fraction of sp³-hybridized carbons (Fsp3) is 0.350. The Bertz CT molecular complexity index is 850. The Morgan fingerprint density at radius 3 is 2.72 bits per heavy atom. The number of nitriles is 1. The average Bonchev–Trinajstić information content (AvgIpc) is 3.00. The maximum absolute atomic E-state index is 12.0. The molecule has 0 fully saturated rings. The van der Waals surface area contributed by atoms with E-state index >= 15 is 0 Å². The van der Waals surface area contributed by atoms with Gasteiger partial charge in [0.15, 0.2) is 0 Å². The second kappa shape index (κ2) is 7.68. The van der Waals surface area contributed by atoms with Crippen LogP contribution in [0.2, 0.25) is 0 Å². The van der Waals surface area contributed by atoms with Crippen molar-refractivity contribution in [2.24, 2.45) is 0 Å². The van der Waals surface area contributed by atoms with Gasteiger partial charge in [-0.2, -0.15) is 5.26 Å². The van der Waals surface area contributed by atoms with Crippen molar-refractivity contribution in [3.63, 3.8) is 0 Å². The summed E-state index contributed by atoms with van der Waals surface area (Å²) < 4.78 is 9.71. The highest BCUT2D eigenvalue weighted by molar-refractivity contribution is 5.97. The van der Waals surface area contributed by atoms with E-state index in [1.54, 1.807) is 0 Å². The number of esters is 2. The molecular formula is C20H19NO4. The zero-order chi connectivity index (χ0) is 18.6. The van der Waals surface area contributed by atoms with Crippen molar-refractivity contribution < 1.29 is 19.1 Å². The molecule has 1 aromatic carbocycles. The summed E-state index contributed by atoms with van der Waals surface area (Å²) in [6.07, 6.45) is 8.85. The van der Waals surface area contributed by atoms with Crippen LogP contribution in [0.1, 0.15) is 57.9 Å². The number of ether oxygens (including phenoxy) is 2. The van der Waals surface area contributed by atoms with Crippen molar-refractivity contribution in [3.05, 3.63) is 45.0 Å². The van der Waals surface area contributed by atoms with E-state index in [-0.39, 0.29) is 18.1 Å². The molecule has 0 spiro atoms. The normalized spacial score (nSPS) is 12.8. The van der Waals surface area contributed by atoms with Gasteiger partial charge in [-0.05, 0) is 37.8 Å². The van der Waals surface area contributed by atoms with Crippen LogP contribution < -0.4 is 0 Å². The van der Waals surface area contributed by atoms with E-state index in [0.717, 1.165) is 11.1 Å². The quantitative estimate of drug-likeness (QED) is 0.469. The van der Waals surface area contributed by atoms with Crippen LogP contribution >= 0.6 is 0 Å². The molecule has 1 aliphatic rings. The lowest BCUT2D eigenvalue weighted by molar-refractivity contribution is -0.140. The summed E-state index contributed by atoms with van der Waals surface area (Å²) >= 11 is 0. The molecule has 25 heavy (non-hydrogen) atoms. The monoisotopic (exact) mass is 337 g/mol. The average molecular weight is 337 g/mol. The van der Waals surface area contributed by atoms with E-state index in [9.17, 15) is 14.9 Å². The largest absolute Gasteiger partial charge is 0.469 e. The van der Waals surface area contributed by atoms with Crippen LogP contribution in [0, 0.1) is 30.6 Å². The first-order chi connectivity index (χ1) is 11.9. The van der Waals surface area contributed by atoms with E-state index in [4.69, 9.17) is 11.2 Å². The Balaban J connectivity index is 2.41. The van der Waals surface area contributed by atoms with Crippen LogP contribution in [-0.4, -0.2) is 19.0 Å². The van der Waals surface area contributed by atoms with E-state index < -0.39 is 5.97 Å². The number of terminal acetylenes is 1. The van der Waals surface area contributed by atoms with Crippen LogP contribution in [0.3, 0.4) is 0 Å². The first-order valence-corrected chi connectivity index (χ1v) is 7.89. The molecule has 1 aromatic rings. The molecule has 0 saturated carbocycles. The van der Waals surface area contributed by atoms with Gasteiger partial charge in [-0.15, -0.1) is 6.42 Å². The highest BCUT2D eigenvalue weighted by Gasteiger charge is 2.30. The summed E-state index contributed by atoms with van der Waals surface area (Å²) in [5.41, 5.74) is 4.38. The number of rotatable bonds is 5. The van der Waals surface area contributed by atoms with Gasteiger partial charge in [0.2, 0.25) is 0 Å². The molecule has 5 heteroatoms. The van der Waals surface area contributed by atoms with E-state index in [0.29, 0.717) is 41.5 Å². The maximum atomic E-state index is 12.0. The third kappa shape index (κ3) is 3.56. The molecule has 0 N–H and O–H groups in total. The Labute approximate surface area is 147 Å². The molecule has 1 heterocycles. The lowest BCUT2D eigenvalue weighted by Gasteiger charge is -2.13. The summed E-state index contributed by atoms with van der Waals surface area (Å²) in [5, 5.41) is 9.58. The number of hydrogen-bond acceptors (Lipinski definition) is 5. The molecule has 0 bridgehead atoms. The molecule has 2 rings (SSSR count). The van der Waals surface area contributed by atoms with Crippen LogP contribution in [0.25, 0.3) is 0 Å². The number of hydrogen-bond donors (Lipinski definition) is 0. The highest BCUT2D eigenvalue weighted by Crippen LogP contribution is 2.33. The second-order valence-electron chi connectivity index (χ2n) is 5.87. The molecule has 0 radical (unpaired) electrons. The van der Waals surface area contributed by atoms with Gasteiger partial charge >= 0.3 is 11.9 Å². The Hall–Kier alpha value is -3.05. The lowest BCUT2D eigenvalue weighted by atomic mass is 9.87. The highest BCUT2D eigenvalue weighted by atomic mass is 16.5. The molecule has 0 saturated heterocycles. The van der Waals surface area contributed by atoms with Crippen LogP contribution in [0.5, 0.6) is 0 Å². The van der Waals surface area contributed by atoms with Crippen molar-refractivity contribution in [2.75, 3.05) is 7.11 Å². The van der Waals surface area contributed by atoms with Crippen molar-refractivity contribution in [1.29, 1.82) is 5.26 Å². The minimum Gasteiger partial charge on any atom is -0.469 e. The summed E-state index contributed by atoms with van der Waals surface area (Å²) in [6, 6.07) is 2.11. The number of carbonyl (C=O) groups excluding carboxylic acids is 2. The minimum absolute atomic E-state index is 0.150. The van der Waals surface area contributed by atoms with E-state index in [1.807, 2.05) is 19.9 Å². The van der Waals surface area contributed by atoms with Gasteiger partial charge in [-0.3, -0.25) is 4.79 Å². The topological polar surface area (TPSA) is 76.4 Å². The van der Waals surface area contributed by atoms with Gasteiger partial charge in [0.25, 0.3) is 0 Å². The summed E-state index contributed by atoms with van der Waals surface area (Å²) in [4.78, 5) is 23.2. The standard InChI is InChI=1S/C20H19NO4/c1-5-14-13(3)17-11-25-20(23)19(17)16(10-21)15(14)8-6-12(2)7-9-18(22)24-4/h1,6H,7-9,11H2,2-4H3/b12-6+. The number of nitrogens with zero attached hydrogens (tertiary/aromatic N) is 1. The molecule has 0 unspecified atom stereocenters. The third-order valence-electron chi connectivity index (χ3n) is 4.40. The SMILES string of the molecule is C#Cc1c(C)c2c(c(C#N)c1C/C=C(\C)CCC(=O)OC)C(=O)OC2. The van der Waals surface area contributed by atoms with Crippen LogP contribution in [0.4, 0.5) is 0 Å². The van der Waals surface area contributed by atoms with Gasteiger partial charge in [0.05, 0.1) is 18.2 Å². The van der Waals surface area contributed by atoms with Crippen molar-refractivity contribution in [1.82, 2.24) is 0 Å². The zero-order valence-electron chi connectivity index (χ0n) is 14.6. The molecule has 0 amide bonds. The molecule has 0 atom stereocenters. The zero-order valence-corrected chi connectivity index (χ0v) is 14.6.